The third kappa shape index (κ3) is 5.21. The highest BCUT2D eigenvalue weighted by atomic mass is 35.5. The fourth-order valence-corrected chi connectivity index (χ4v) is 3.59. The molecule has 0 amide bonds. The van der Waals surface area contributed by atoms with E-state index in [4.69, 9.17) is 16.3 Å². The molecule has 10 heteroatoms. The molecule has 32 heavy (non-hydrogen) atoms. The van der Waals surface area contributed by atoms with E-state index in [0.29, 0.717) is 22.0 Å². The summed E-state index contributed by atoms with van der Waals surface area (Å²) in [5, 5.41) is 10.1. The number of rotatable bonds is 6. The van der Waals surface area contributed by atoms with E-state index in [9.17, 15) is 18.4 Å². The molecule has 0 aliphatic carbocycles. The summed E-state index contributed by atoms with van der Waals surface area (Å²) in [6.45, 7) is 4.66. The molecule has 3 aromatic rings. The molecule has 3 rings (SSSR count). The lowest BCUT2D eigenvalue weighted by molar-refractivity contribution is -0.137. The minimum Gasteiger partial charge on any atom is -0.442 e. The molecule has 166 valence electrons. The van der Waals surface area contributed by atoms with Gasteiger partial charge in [0.15, 0.2) is 0 Å². The molecule has 0 N–H and O–H groups in total. The van der Waals surface area contributed by atoms with Gasteiger partial charge in [0.25, 0.3) is 0 Å². The van der Waals surface area contributed by atoms with Crippen LogP contribution in [0.4, 0.5) is 18.9 Å². The van der Waals surface area contributed by atoms with Crippen LogP contribution in [-0.2, 0) is 6.18 Å². The van der Waals surface area contributed by atoms with Crippen molar-refractivity contribution >= 4 is 35.2 Å². The lowest BCUT2D eigenvalue weighted by Gasteiger charge is -2.11. The van der Waals surface area contributed by atoms with Gasteiger partial charge in [0.05, 0.1) is 22.6 Å². The number of aliphatic imine (C=N–C) groups is 1. The summed E-state index contributed by atoms with van der Waals surface area (Å²) in [7, 11) is 1.90. The SMILES string of the molecule is CCN(C)/C=N\c1cc(Cl)c(Oc2snc(-c3ccc(C(F)(F)F)cc3)c2C#N)cc1C. The molecule has 0 radical (unpaired) electrons. The summed E-state index contributed by atoms with van der Waals surface area (Å²) in [5.41, 5.74) is 1.47. The molecule has 0 bridgehead atoms. The maximum absolute atomic E-state index is 12.8. The highest BCUT2D eigenvalue weighted by molar-refractivity contribution is 7.08. The summed E-state index contributed by atoms with van der Waals surface area (Å²) in [5.74, 6) is 0.325. The van der Waals surface area contributed by atoms with Crippen LogP contribution in [0.25, 0.3) is 11.3 Å². The van der Waals surface area contributed by atoms with Crippen LogP contribution in [0.1, 0.15) is 23.6 Å². The fraction of sp³-hybridized carbons (Fsp3) is 0.227. The van der Waals surface area contributed by atoms with Crippen LogP contribution in [0.15, 0.2) is 41.4 Å². The van der Waals surface area contributed by atoms with E-state index in [1.165, 1.54) is 12.1 Å². The number of ether oxygens (including phenoxy) is 1. The fourth-order valence-electron chi connectivity index (χ4n) is 2.66. The number of halogens is 4. The van der Waals surface area contributed by atoms with Crippen molar-refractivity contribution in [2.75, 3.05) is 13.6 Å². The molecule has 0 atom stereocenters. The zero-order valence-electron chi connectivity index (χ0n) is 17.4. The van der Waals surface area contributed by atoms with Gasteiger partial charge < -0.3 is 9.64 Å². The average molecular weight is 479 g/mol. The van der Waals surface area contributed by atoms with Crippen LogP contribution in [-0.4, -0.2) is 29.2 Å². The third-order valence-corrected chi connectivity index (χ3v) is 5.63. The number of benzene rings is 2. The average Bonchev–Trinajstić information content (AvgIpc) is 3.16. The molecule has 2 aromatic carbocycles. The minimum absolute atomic E-state index is 0.121. The molecule has 0 spiro atoms. The van der Waals surface area contributed by atoms with E-state index in [1.54, 1.807) is 18.5 Å². The van der Waals surface area contributed by atoms with E-state index < -0.39 is 11.7 Å². The molecule has 0 saturated heterocycles. The molecule has 1 aromatic heterocycles. The molecule has 1 heterocycles. The Morgan fingerprint density at radius 3 is 2.56 bits per heavy atom. The predicted octanol–water partition coefficient (Wildman–Crippen LogP) is 7.07. The van der Waals surface area contributed by atoms with Crippen molar-refractivity contribution < 1.29 is 17.9 Å². The van der Waals surface area contributed by atoms with Crippen LogP contribution >= 0.6 is 23.1 Å². The maximum atomic E-state index is 12.8. The topological polar surface area (TPSA) is 61.5 Å². The van der Waals surface area contributed by atoms with Gasteiger partial charge in [0.1, 0.15) is 23.1 Å². The normalized spacial score (nSPS) is 11.6. The van der Waals surface area contributed by atoms with Gasteiger partial charge in [-0.05, 0) is 43.7 Å². The Kier molecular flexibility index (Phi) is 7.06. The number of hydrogen-bond acceptors (Lipinski definition) is 5. The first kappa shape index (κ1) is 23.6. The molecule has 0 unspecified atom stereocenters. The Labute approximate surface area is 192 Å². The largest absolute Gasteiger partial charge is 0.442 e. The Balaban J connectivity index is 1.89. The predicted molar refractivity (Wildman–Crippen MR) is 120 cm³/mol. The highest BCUT2D eigenvalue weighted by Gasteiger charge is 2.30. The van der Waals surface area contributed by atoms with Crippen LogP contribution in [0, 0.1) is 18.3 Å². The van der Waals surface area contributed by atoms with Gasteiger partial charge in [0, 0.05) is 30.7 Å². The summed E-state index contributed by atoms with van der Waals surface area (Å²) in [4.78, 5) is 6.32. The lowest BCUT2D eigenvalue weighted by Crippen LogP contribution is -2.14. The number of nitriles is 1. The summed E-state index contributed by atoms with van der Waals surface area (Å²) in [6.07, 6.45) is -2.74. The first-order chi connectivity index (χ1) is 15.1. The molecular formula is C22H18ClF3N4OS. The monoisotopic (exact) mass is 478 g/mol. The standard InChI is InChI=1S/C22H18ClF3N4OS/c1-4-30(3)12-28-18-10-17(23)19(9-13(18)2)31-21-16(11-27)20(29-32-21)14-5-7-15(8-6-14)22(24,25)26/h5-10,12H,4H2,1-3H3/b28-12-. The molecular weight excluding hydrogens is 461 g/mol. The number of hydrogen-bond donors (Lipinski definition) is 0. The molecule has 0 aliphatic rings. The quantitative estimate of drug-likeness (QED) is 0.281. The van der Waals surface area contributed by atoms with Crippen molar-refractivity contribution in [1.29, 1.82) is 5.26 Å². The van der Waals surface area contributed by atoms with Crippen LogP contribution in [0.5, 0.6) is 10.8 Å². The second-order valence-electron chi connectivity index (χ2n) is 6.87. The Morgan fingerprint density at radius 2 is 1.97 bits per heavy atom. The summed E-state index contributed by atoms with van der Waals surface area (Å²) < 4.78 is 48.5. The van der Waals surface area contributed by atoms with E-state index in [-0.39, 0.29) is 16.3 Å². The Morgan fingerprint density at radius 1 is 1.28 bits per heavy atom. The van der Waals surface area contributed by atoms with Gasteiger partial charge in [-0.25, -0.2) is 4.99 Å². The zero-order valence-corrected chi connectivity index (χ0v) is 18.9. The summed E-state index contributed by atoms with van der Waals surface area (Å²) in [6, 6.07) is 9.85. The van der Waals surface area contributed by atoms with E-state index in [1.807, 2.05) is 31.9 Å². The van der Waals surface area contributed by atoms with Crippen LogP contribution in [0.2, 0.25) is 5.02 Å². The van der Waals surface area contributed by atoms with E-state index >= 15 is 0 Å². The second-order valence-corrected chi connectivity index (χ2v) is 8.01. The molecule has 0 saturated carbocycles. The lowest BCUT2D eigenvalue weighted by atomic mass is 10.1. The second kappa shape index (κ2) is 9.59. The van der Waals surface area contributed by atoms with Gasteiger partial charge in [-0.15, -0.1) is 0 Å². The van der Waals surface area contributed by atoms with Gasteiger partial charge in [-0.3, -0.25) is 0 Å². The first-order valence-corrected chi connectivity index (χ1v) is 10.6. The number of nitrogens with zero attached hydrogens (tertiary/aromatic N) is 4. The number of aryl methyl sites for hydroxylation is 1. The van der Waals surface area contributed by atoms with Gasteiger partial charge >= 0.3 is 6.18 Å². The number of alkyl halides is 3. The van der Waals surface area contributed by atoms with Gasteiger partial charge in [-0.2, -0.15) is 22.8 Å². The number of aromatic nitrogens is 1. The molecule has 0 fully saturated rings. The van der Waals surface area contributed by atoms with E-state index in [0.717, 1.165) is 35.8 Å². The smallest absolute Gasteiger partial charge is 0.416 e. The third-order valence-electron chi connectivity index (χ3n) is 4.60. The van der Waals surface area contributed by atoms with Crippen LogP contribution in [0.3, 0.4) is 0 Å². The van der Waals surface area contributed by atoms with E-state index in [2.05, 4.69) is 9.37 Å². The van der Waals surface area contributed by atoms with Crippen molar-refractivity contribution in [2.45, 2.75) is 20.0 Å². The molecule has 0 aliphatic heterocycles. The van der Waals surface area contributed by atoms with Crippen molar-refractivity contribution in [3.63, 3.8) is 0 Å². The minimum atomic E-state index is -4.44. The molecule has 5 nitrogen and oxygen atoms in total. The first-order valence-electron chi connectivity index (χ1n) is 9.43. The summed E-state index contributed by atoms with van der Waals surface area (Å²) >= 11 is 7.29. The van der Waals surface area contributed by atoms with Crippen molar-refractivity contribution in [1.82, 2.24) is 9.27 Å². The Bertz CT molecular complexity index is 1180. The van der Waals surface area contributed by atoms with Gasteiger partial charge in [-0.1, -0.05) is 23.7 Å². The zero-order chi connectivity index (χ0) is 23.5. The van der Waals surface area contributed by atoms with Crippen molar-refractivity contribution in [2.24, 2.45) is 4.99 Å². The van der Waals surface area contributed by atoms with Gasteiger partial charge in [0.2, 0.25) is 5.06 Å². The Hall–Kier alpha value is -3.09. The van der Waals surface area contributed by atoms with Crippen molar-refractivity contribution in [3.05, 3.63) is 58.1 Å². The highest BCUT2D eigenvalue weighted by Crippen LogP contribution is 2.41. The maximum Gasteiger partial charge on any atom is 0.416 e. The van der Waals surface area contributed by atoms with Crippen LogP contribution < -0.4 is 4.74 Å². The van der Waals surface area contributed by atoms with Crippen molar-refractivity contribution in [3.8, 4) is 28.1 Å².